The minimum atomic E-state index is -1.74. The van der Waals surface area contributed by atoms with Gasteiger partial charge in [0.05, 0.1) is 11.2 Å². The van der Waals surface area contributed by atoms with Gasteiger partial charge >= 0.3 is 7.12 Å². The third kappa shape index (κ3) is 4.05. The fourth-order valence-corrected chi connectivity index (χ4v) is 3.62. The normalized spacial score (nSPS) is 20.3. The largest absolute Gasteiger partial charge is 0.498 e. The molecule has 0 bridgehead atoms. The molecule has 1 aromatic rings. The van der Waals surface area contributed by atoms with Gasteiger partial charge in [0.1, 0.15) is 0 Å². The van der Waals surface area contributed by atoms with Gasteiger partial charge in [0.25, 0.3) is 0 Å². The van der Waals surface area contributed by atoms with Gasteiger partial charge in [0.15, 0.2) is 8.32 Å². The first kappa shape index (κ1) is 20.7. The summed E-state index contributed by atoms with van der Waals surface area (Å²) in [6, 6.07) is 0. The first-order valence-electron chi connectivity index (χ1n) is 9.18. The van der Waals surface area contributed by atoms with Crippen molar-refractivity contribution >= 4 is 20.9 Å². The average molecular weight is 366 g/mol. The monoisotopic (exact) mass is 366 g/mol. The van der Waals surface area contributed by atoms with E-state index in [1.807, 2.05) is 17.9 Å². The summed E-state index contributed by atoms with van der Waals surface area (Å²) >= 11 is 0. The smallest absolute Gasteiger partial charge is 0.416 e. The predicted molar refractivity (Wildman–Crippen MR) is 106 cm³/mol. The first-order chi connectivity index (χ1) is 11.2. The summed E-state index contributed by atoms with van der Waals surface area (Å²) in [6.07, 6.45) is 2.67. The standard InChI is InChI=1S/C18H35BN2O3Si/c1-16(2,3)25(9,10)22-12-11-15-14(13-20-21(15)8)19-23-17(4,5)18(6,7)24-19/h13H,11-12H2,1-10H3. The summed E-state index contributed by atoms with van der Waals surface area (Å²) in [4.78, 5) is 0. The Morgan fingerprint density at radius 2 is 1.68 bits per heavy atom. The molecule has 2 rings (SSSR count). The number of rotatable bonds is 5. The molecule has 142 valence electrons. The molecular formula is C18H35BN2O3Si. The van der Waals surface area contributed by atoms with Crippen LogP contribution in [0.3, 0.4) is 0 Å². The van der Waals surface area contributed by atoms with Crippen LogP contribution < -0.4 is 5.46 Å². The van der Waals surface area contributed by atoms with Crippen LogP contribution in [-0.2, 0) is 27.2 Å². The first-order valence-corrected chi connectivity index (χ1v) is 12.1. The van der Waals surface area contributed by atoms with Gasteiger partial charge in [-0.2, -0.15) is 5.10 Å². The molecule has 0 N–H and O–H groups in total. The van der Waals surface area contributed by atoms with Crippen molar-refractivity contribution in [3.05, 3.63) is 11.9 Å². The van der Waals surface area contributed by atoms with E-state index in [1.54, 1.807) is 0 Å². The van der Waals surface area contributed by atoms with E-state index in [9.17, 15) is 0 Å². The van der Waals surface area contributed by atoms with Crippen LogP contribution >= 0.6 is 0 Å². The molecule has 7 heteroatoms. The summed E-state index contributed by atoms with van der Waals surface area (Å²) in [6.45, 7) is 20.3. The second kappa shape index (κ2) is 6.52. The quantitative estimate of drug-likeness (QED) is 0.751. The number of aromatic nitrogens is 2. The van der Waals surface area contributed by atoms with Crippen LogP contribution in [0.25, 0.3) is 0 Å². The Morgan fingerprint density at radius 3 is 2.16 bits per heavy atom. The lowest BCUT2D eigenvalue weighted by Gasteiger charge is -2.36. The highest BCUT2D eigenvalue weighted by molar-refractivity contribution is 6.74. The number of hydrogen-bond acceptors (Lipinski definition) is 4. The lowest BCUT2D eigenvalue weighted by atomic mass is 9.78. The zero-order valence-electron chi connectivity index (χ0n) is 17.7. The van der Waals surface area contributed by atoms with Crippen LogP contribution in [-0.4, -0.2) is 43.0 Å². The Kier molecular flexibility index (Phi) is 5.39. The fraction of sp³-hybridized carbons (Fsp3) is 0.833. The molecular weight excluding hydrogens is 331 g/mol. The maximum Gasteiger partial charge on any atom is 0.498 e. The lowest BCUT2D eigenvalue weighted by molar-refractivity contribution is 0.00578. The molecule has 0 atom stereocenters. The molecule has 0 radical (unpaired) electrons. The Hall–Kier alpha value is -0.628. The topological polar surface area (TPSA) is 45.5 Å². The van der Waals surface area contributed by atoms with Crippen molar-refractivity contribution in [1.82, 2.24) is 9.78 Å². The third-order valence-electron chi connectivity index (χ3n) is 6.21. The summed E-state index contributed by atoms with van der Waals surface area (Å²) in [5, 5.41) is 4.65. The summed E-state index contributed by atoms with van der Waals surface area (Å²) < 4.78 is 20.6. The number of aryl methyl sites for hydroxylation is 1. The Labute approximate surface area is 154 Å². The second-order valence-electron chi connectivity index (χ2n) is 9.62. The maximum absolute atomic E-state index is 6.34. The van der Waals surface area contributed by atoms with Crippen LogP contribution in [0.5, 0.6) is 0 Å². The summed E-state index contributed by atoms with van der Waals surface area (Å²) in [5.41, 5.74) is 1.45. The van der Waals surface area contributed by atoms with Gasteiger partial charge in [-0.1, -0.05) is 20.8 Å². The minimum absolute atomic E-state index is 0.216. The van der Waals surface area contributed by atoms with Gasteiger partial charge in [-0.05, 0) is 45.8 Å². The van der Waals surface area contributed by atoms with Gasteiger partial charge in [-0.25, -0.2) is 0 Å². The highest BCUT2D eigenvalue weighted by Crippen LogP contribution is 2.37. The van der Waals surface area contributed by atoms with Gasteiger partial charge in [-0.15, -0.1) is 0 Å². The molecule has 2 heterocycles. The van der Waals surface area contributed by atoms with Gasteiger partial charge in [-0.3, -0.25) is 4.68 Å². The molecule has 0 amide bonds. The van der Waals surface area contributed by atoms with Crippen molar-refractivity contribution in [3.8, 4) is 0 Å². The highest BCUT2D eigenvalue weighted by atomic mass is 28.4. The van der Waals surface area contributed by atoms with Crippen LogP contribution in [0.1, 0.15) is 54.2 Å². The van der Waals surface area contributed by atoms with Crippen LogP contribution in [0.2, 0.25) is 18.1 Å². The van der Waals surface area contributed by atoms with Gasteiger partial charge in [0, 0.05) is 37.4 Å². The van der Waals surface area contributed by atoms with Crippen LogP contribution in [0, 0.1) is 0 Å². The summed E-state index contributed by atoms with van der Waals surface area (Å²) in [7, 11) is -0.148. The molecule has 1 saturated heterocycles. The maximum atomic E-state index is 6.34. The van der Waals surface area contributed by atoms with Crippen molar-refractivity contribution in [3.63, 3.8) is 0 Å². The summed E-state index contributed by atoms with van der Waals surface area (Å²) in [5.74, 6) is 0. The zero-order valence-corrected chi connectivity index (χ0v) is 18.7. The third-order valence-corrected chi connectivity index (χ3v) is 10.7. The second-order valence-corrected chi connectivity index (χ2v) is 14.4. The van der Waals surface area contributed by atoms with Gasteiger partial charge in [0.2, 0.25) is 0 Å². The fourth-order valence-electron chi connectivity index (χ4n) is 2.57. The Balaban J connectivity index is 2.11. The van der Waals surface area contributed by atoms with Crippen LogP contribution in [0.4, 0.5) is 0 Å². The molecule has 1 fully saturated rings. The Morgan fingerprint density at radius 1 is 1.16 bits per heavy atom. The van der Waals surface area contributed by atoms with E-state index in [2.05, 4.69) is 66.7 Å². The lowest BCUT2D eigenvalue weighted by Crippen LogP contribution is -2.42. The minimum Gasteiger partial charge on any atom is -0.416 e. The number of hydrogen-bond donors (Lipinski definition) is 0. The predicted octanol–water partition coefficient (Wildman–Crippen LogP) is 3.28. The van der Waals surface area contributed by atoms with Crippen LogP contribution in [0.15, 0.2) is 6.20 Å². The van der Waals surface area contributed by atoms with Crippen molar-refractivity contribution in [1.29, 1.82) is 0 Å². The van der Waals surface area contributed by atoms with E-state index in [4.69, 9.17) is 13.7 Å². The van der Waals surface area contributed by atoms with E-state index in [0.29, 0.717) is 6.61 Å². The van der Waals surface area contributed by atoms with E-state index in [-0.39, 0.29) is 23.4 Å². The molecule has 1 aromatic heterocycles. The van der Waals surface area contributed by atoms with E-state index < -0.39 is 8.32 Å². The zero-order chi connectivity index (χ0) is 19.3. The van der Waals surface area contributed by atoms with E-state index in [0.717, 1.165) is 17.6 Å². The van der Waals surface area contributed by atoms with Crippen molar-refractivity contribution in [2.75, 3.05) is 6.61 Å². The molecule has 1 aliphatic heterocycles. The SMILES string of the molecule is Cn1ncc(B2OC(C)(C)C(C)(C)O2)c1CCO[Si](C)(C)C(C)(C)C. The number of nitrogens with zero attached hydrogens (tertiary/aromatic N) is 2. The van der Waals surface area contributed by atoms with E-state index >= 15 is 0 Å². The molecule has 5 nitrogen and oxygen atoms in total. The molecule has 0 unspecified atom stereocenters. The molecule has 25 heavy (non-hydrogen) atoms. The van der Waals surface area contributed by atoms with E-state index in [1.165, 1.54) is 0 Å². The molecule has 0 saturated carbocycles. The average Bonchev–Trinajstić information content (AvgIpc) is 2.86. The molecule has 0 aromatic carbocycles. The van der Waals surface area contributed by atoms with Crippen molar-refractivity contribution in [2.45, 2.75) is 84.2 Å². The van der Waals surface area contributed by atoms with Gasteiger partial charge < -0.3 is 13.7 Å². The van der Waals surface area contributed by atoms with Crippen molar-refractivity contribution in [2.24, 2.45) is 7.05 Å². The highest BCUT2D eigenvalue weighted by Gasteiger charge is 2.52. The molecule has 0 spiro atoms. The van der Waals surface area contributed by atoms with Crippen molar-refractivity contribution < 1.29 is 13.7 Å². The Bertz CT molecular complexity index is 604. The molecule has 0 aliphatic carbocycles. The molecule has 1 aliphatic rings.